The molecule has 1 saturated heterocycles. The van der Waals surface area contributed by atoms with E-state index in [1.165, 1.54) is 16.7 Å². The van der Waals surface area contributed by atoms with Gasteiger partial charge in [-0.25, -0.2) is 0 Å². The van der Waals surface area contributed by atoms with Crippen LogP contribution >= 0.6 is 0 Å². The lowest BCUT2D eigenvalue weighted by Gasteiger charge is -2.41. The van der Waals surface area contributed by atoms with Crippen LogP contribution in [0.15, 0.2) is 72.3 Å². The number of benzene rings is 2. The smallest absolute Gasteiger partial charge is 0.0615 e. The van der Waals surface area contributed by atoms with E-state index >= 15 is 0 Å². The van der Waals surface area contributed by atoms with E-state index in [1.54, 1.807) is 0 Å². The van der Waals surface area contributed by atoms with Crippen LogP contribution in [0.5, 0.6) is 0 Å². The number of hydrogen-bond acceptors (Lipinski definition) is 2. The van der Waals surface area contributed by atoms with E-state index in [2.05, 4.69) is 65.6 Å². The lowest BCUT2D eigenvalue weighted by molar-refractivity contribution is 0.199. The highest BCUT2D eigenvalue weighted by Crippen LogP contribution is 2.33. The molecule has 0 aliphatic carbocycles. The van der Waals surface area contributed by atoms with E-state index in [4.69, 9.17) is 5.11 Å². The summed E-state index contributed by atoms with van der Waals surface area (Å²) < 4.78 is 0. The molecule has 0 amide bonds. The third kappa shape index (κ3) is 2.67. The van der Waals surface area contributed by atoms with E-state index in [1.807, 2.05) is 6.08 Å². The molecule has 0 spiro atoms. The summed E-state index contributed by atoms with van der Waals surface area (Å²) in [6.45, 7) is 2.02. The van der Waals surface area contributed by atoms with Crippen LogP contribution in [0.2, 0.25) is 0 Å². The first kappa shape index (κ1) is 13.1. The van der Waals surface area contributed by atoms with Gasteiger partial charge in [-0.15, -0.1) is 0 Å². The molecule has 0 aromatic heterocycles. The summed E-state index contributed by atoms with van der Waals surface area (Å²) in [5, 5.41) is 8.97. The highest BCUT2D eigenvalue weighted by atomic mass is 16.2. The Morgan fingerprint density at radius 2 is 1.40 bits per heavy atom. The van der Waals surface area contributed by atoms with Crippen molar-refractivity contribution in [3.8, 4) is 0 Å². The van der Waals surface area contributed by atoms with Crippen molar-refractivity contribution in [1.82, 2.24) is 4.90 Å². The maximum Gasteiger partial charge on any atom is 0.0615 e. The first-order valence-electron chi connectivity index (χ1n) is 7.01. The van der Waals surface area contributed by atoms with Crippen molar-refractivity contribution in [3.05, 3.63) is 83.4 Å². The van der Waals surface area contributed by atoms with Crippen molar-refractivity contribution < 1.29 is 5.11 Å². The minimum absolute atomic E-state index is 0.143. The summed E-state index contributed by atoms with van der Waals surface area (Å²) in [5.41, 5.74) is 3.97. The van der Waals surface area contributed by atoms with Gasteiger partial charge in [-0.05, 0) is 16.7 Å². The summed E-state index contributed by atoms with van der Waals surface area (Å²) in [6, 6.07) is 21.5. The molecule has 0 saturated carbocycles. The second-order valence-corrected chi connectivity index (χ2v) is 5.17. The molecule has 1 heterocycles. The summed E-state index contributed by atoms with van der Waals surface area (Å²) >= 11 is 0. The van der Waals surface area contributed by atoms with E-state index in [-0.39, 0.29) is 6.61 Å². The molecule has 2 nitrogen and oxygen atoms in total. The molecule has 1 fully saturated rings. The van der Waals surface area contributed by atoms with Crippen molar-refractivity contribution in [3.63, 3.8) is 0 Å². The number of likely N-dealkylation sites (tertiary alicyclic amines) is 1. The van der Waals surface area contributed by atoms with Gasteiger partial charge in [-0.3, -0.25) is 4.90 Å². The molecule has 102 valence electrons. The third-order valence-electron chi connectivity index (χ3n) is 3.79. The predicted octanol–water partition coefficient (Wildman–Crippen LogP) is 3.01. The van der Waals surface area contributed by atoms with Crippen LogP contribution in [0.1, 0.15) is 17.2 Å². The first-order chi connectivity index (χ1) is 9.88. The lowest BCUT2D eigenvalue weighted by Crippen LogP contribution is -2.43. The van der Waals surface area contributed by atoms with Crippen molar-refractivity contribution in [2.24, 2.45) is 0 Å². The summed E-state index contributed by atoms with van der Waals surface area (Å²) in [7, 11) is 0. The van der Waals surface area contributed by atoms with Gasteiger partial charge in [0.2, 0.25) is 0 Å². The van der Waals surface area contributed by atoms with Crippen molar-refractivity contribution in [2.75, 3.05) is 19.7 Å². The van der Waals surface area contributed by atoms with E-state index < -0.39 is 0 Å². The van der Waals surface area contributed by atoms with Gasteiger partial charge in [0.05, 0.1) is 12.6 Å². The number of aliphatic hydroxyl groups is 1. The number of nitrogens with zero attached hydrogens (tertiary/aromatic N) is 1. The standard InChI is InChI=1S/C18H19NO/c20-12-11-15-13-19(14-15)18(16-7-3-1-4-8-16)17-9-5-2-6-10-17/h1-11,18,20H,12-14H2. The lowest BCUT2D eigenvalue weighted by atomic mass is 9.93. The van der Waals surface area contributed by atoms with Gasteiger partial charge in [0.15, 0.2) is 0 Å². The molecule has 0 bridgehead atoms. The van der Waals surface area contributed by atoms with Crippen LogP contribution in [0.25, 0.3) is 0 Å². The van der Waals surface area contributed by atoms with Gasteiger partial charge >= 0.3 is 0 Å². The van der Waals surface area contributed by atoms with Crippen LogP contribution in [0.3, 0.4) is 0 Å². The van der Waals surface area contributed by atoms with Crippen molar-refractivity contribution >= 4 is 0 Å². The zero-order chi connectivity index (χ0) is 13.8. The second kappa shape index (κ2) is 6.04. The normalized spacial score (nSPS) is 15.2. The fourth-order valence-electron chi connectivity index (χ4n) is 2.80. The third-order valence-corrected chi connectivity index (χ3v) is 3.79. The topological polar surface area (TPSA) is 23.5 Å². The molecule has 1 aliphatic rings. The van der Waals surface area contributed by atoms with E-state index in [0.717, 1.165) is 13.1 Å². The fraction of sp³-hybridized carbons (Fsp3) is 0.222. The van der Waals surface area contributed by atoms with Crippen LogP contribution in [0, 0.1) is 0 Å². The Bertz CT molecular complexity index is 529. The van der Waals surface area contributed by atoms with E-state index in [0.29, 0.717) is 6.04 Å². The Labute approximate surface area is 120 Å². The first-order valence-corrected chi connectivity index (χ1v) is 7.01. The largest absolute Gasteiger partial charge is 0.392 e. The molecule has 20 heavy (non-hydrogen) atoms. The van der Waals surface area contributed by atoms with Gasteiger partial charge < -0.3 is 5.11 Å². The van der Waals surface area contributed by atoms with Gasteiger partial charge in [-0.1, -0.05) is 66.7 Å². The maximum absolute atomic E-state index is 8.97. The SMILES string of the molecule is OCC=C1CN(C(c2ccccc2)c2ccccc2)C1. The Kier molecular flexibility index (Phi) is 3.95. The van der Waals surface area contributed by atoms with Crippen LogP contribution in [0.4, 0.5) is 0 Å². The maximum atomic E-state index is 8.97. The van der Waals surface area contributed by atoms with Gasteiger partial charge in [0.1, 0.15) is 0 Å². The molecular weight excluding hydrogens is 246 g/mol. The molecule has 3 rings (SSSR count). The fourth-order valence-corrected chi connectivity index (χ4v) is 2.80. The minimum Gasteiger partial charge on any atom is -0.392 e. The molecule has 2 heteroatoms. The second-order valence-electron chi connectivity index (χ2n) is 5.17. The molecule has 2 aromatic rings. The van der Waals surface area contributed by atoms with Gasteiger partial charge in [-0.2, -0.15) is 0 Å². The Morgan fingerprint density at radius 3 is 1.85 bits per heavy atom. The minimum atomic E-state index is 0.143. The monoisotopic (exact) mass is 265 g/mol. The molecule has 0 radical (unpaired) electrons. The Morgan fingerprint density at radius 1 is 0.900 bits per heavy atom. The van der Waals surface area contributed by atoms with Crippen molar-refractivity contribution in [1.29, 1.82) is 0 Å². The molecule has 1 aliphatic heterocycles. The number of aliphatic hydroxyl groups excluding tert-OH is 1. The molecular formula is C18H19NO. The number of rotatable bonds is 4. The van der Waals surface area contributed by atoms with Gasteiger partial charge in [0, 0.05) is 13.1 Å². The molecule has 0 unspecified atom stereocenters. The van der Waals surface area contributed by atoms with Crippen LogP contribution in [-0.4, -0.2) is 29.7 Å². The summed E-state index contributed by atoms with van der Waals surface area (Å²) in [5.74, 6) is 0. The molecule has 1 N–H and O–H groups in total. The summed E-state index contributed by atoms with van der Waals surface area (Å²) in [4.78, 5) is 2.44. The average molecular weight is 265 g/mol. The highest BCUT2D eigenvalue weighted by molar-refractivity contribution is 5.34. The van der Waals surface area contributed by atoms with Crippen LogP contribution in [-0.2, 0) is 0 Å². The van der Waals surface area contributed by atoms with Crippen LogP contribution < -0.4 is 0 Å². The van der Waals surface area contributed by atoms with Gasteiger partial charge in [0.25, 0.3) is 0 Å². The quantitative estimate of drug-likeness (QED) is 0.859. The average Bonchev–Trinajstić information content (AvgIpc) is 2.47. The molecule has 2 aromatic carbocycles. The number of hydrogen-bond donors (Lipinski definition) is 1. The Hall–Kier alpha value is -1.90. The molecule has 0 atom stereocenters. The van der Waals surface area contributed by atoms with E-state index in [9.17, 15) is 0 Å². The highest BCUT2D eigenvalue weighted by Gasteiger charge is 2.29. The summed E-state index contributed by atoms with van der Waals surface area (Å²) in [6.07, 6.45) is 1.92. The predicted molar refractivity (Wildman–Crippen MR) is 81.5 cm³/mol. The Balaban J connectivity index is 1.88. The zero-order valence-corrected chi connectivity index (χ0v) is 11.4. The zero-order valence-electron chi connectivity index (χ0n) is 11.4. The van der Waals surface area contributed by atoms with Crippen molar-refractivity contribution in [2.45, 2.75) is 6.04 Å².